The molecule has 0 aliphatic rings. The lowest BCUT2D eigenvalue weighted by atomic mass is 10.1. The lowest BCUT2D eigenvalue weighted by Gasteiger charge is -2.17. The molecular weight excluding hydrogens is 372 g/mol. The second-order valence-electron chi connectivity index (χ2n) is 6.06. The van der Waals surface area contributed by atoms with Crippen molar-refractivity contribution in [3.8, 4) is 0 Å². The highest BCUT2D eigenvalue weighted by atomic mass is 19.4. The number of anilines is 2. The molecule has 0 spiro atoms. The Morgan fingerprint density at radius 1 is 0.815 bits per heavy atom. The Morgan fingerprint density at radius 3 is 2.11 bits per heavy atom. The van der Waals surface area contributed by atoms with E-state index in [2.05, 4.69) is 15.3 Å². The third kappa shape index (κ3) is 3.81. The molecule has 0 radical (unpaired) electrons. The van der Waals surface area contributed by atoms with Crippen LogP contribution >= 0.6 is 0 Å². The zero-order valence-electron chi connectivity index (χ0n) is 14.1. The van der Waals surface area contributed by atoms with Gasteiger partial charge in [0, 0.05) is 5.39 Å². The van der Waals surface area contributed by atoms with Gasteiger partial charge in [0.15, 0.2) is 0 Å². The molecule has 2 aromatic carbocycles. The minimum Gasteiger partial charge on any atom is -0.339 e. The Morgan fingerprint density at radius 2 is 1.48 bits per heavy atom. The number of halogens is 6. The summed E-state index contributed by atoms with van der Waals surface area (Å²) < 4.78 is 78.6. The molecule has 0 amide bonds. The SMILES string of the molecule is Cc1cc2ncnc(Nc3cc(C(F)(F)F)ccc3C(F)(F)F)c2cc1C. The number of fused-ring (bicyclic) bond motifs is 1. The van der Waals surface area contributed by atoms with Crippen LogP contribution in [0.2, 0.25) is 0 Å². The highest BCUT2D eigenvalue weighted by Crippen LogP contribution is 2.40. The van der Waals surface area contributed by atoms with Gasteiger partial charge < -0.3 is 5.32 Å². The summed E-state index contributed by atoms with van der Waals surface area (Å²) in [4.78, 5) is 7.98. The molecule has 0 aliphatic carbocycles. The van der Waals surface area contributed by atoms with Gasteiger partial charge in [-0.05, 0) is 55.3 Å². The number of aryl methyl sites for hydroxylation is 2. The van der Waals surface area contributed by atoms with E-state index in [-0.39, 0.29) is 5.82 Å². The van der Waals surface area contributed by atoms with Crippen LogP contribution in [-0.2, 0) is 12.4 Å². The number of benzene rings is 2. The third-order valence-electron chi connectivity index (χ3n) is 4.16. The van der Waals surface area contributed by atoms with Gasteiger partial charge in [-0.3, -0.25) is 0 Å². The van der Waals surface area contributed by atoms with Crippen LogP contribution in [0.1, 0.15) is 22.3 Å². The van der Waals surface area contributed by atoms with Crippen LogP contribution in [0.15, 0.2) is 36.7 Å². The Bertz CT molecular complexity index is 1010. The molecule has 0 atom stereocenters. The number of hydrogen-bond acceptors (Lipinski definition) is 3. The second kappa shape index (κ2) is 6.40. The van der Waals surface area contributed by atoms with Gasteiger partial charge in [0.1, 0.15) is 12.1 Å². The topological polar surface area (TPSA) is 37.8 Å². The molecule has 3 nitrogen and oxygen atoms in total. The summed E-state index contributed by atoms with van der Waals surface area (Å²) >= 11 is 0. The van der Waals surface area contributed by atoms with Crippen molar-refractivity contribution in [2.75, 3.05) is 5.32 Å². The molecule has 0 fully saturated rings. The quantitative estimate of drug-likeness (QED) is 0.548. The van der Waals surface area contributed by atoms with E-state index in [0.29, 0.717) is 29.1 Å². The average Bonchev–Trinajstić information content (AvgIpc) is 2.55. The molecule has 3 aromatic rings. The zero-order chi connectivity index (χ0) is 20.0. The van der Waals surface area contributed by atoms with Gasteiger partial charge in [0.2, 0.25) is 0 Å². The molecule has 1 heterocycles. The maximum absolute atomic E-state index is 13.3. The summed E-state index contributed by atoms with van der Waals surface area (Å²) in [6.07, 6.45) is -8.47. The van der Waals surface area contributed by atoms with E-state index in [4.69, 9.17) is 0 Å². The van der Waals surface area contributed by atoms with Crippen molar-refractivity contribution in [3.63, 3.8) is 0 Å². The van der Waals surface area contributed by atoms with Crippen molar-refractivity contribution < 1.29 is 26.3 Å². The highest BCUT2D eigenvalue weighted by Gasteiger charge is 2.37. The molecule has 0 saturated heterocycles. The Hall–Kier alpha value is -2.84. The van der Waals surface area contributed by atoms with E-state index in [1.165, 1.54) is 0 Å². The van der Waals surface area contributed by atoms with Crippen LogP contribution < -0.4 is 5.32 Å². The Kier molecular flexibility index (Phi) is 4.49. The van der Waals surface area contributed by atoms with Crippen molar-refractivity contribution in [1.82, 2.24) is 9.97 Å². The van der Waals surface area contributed by atoms with Crippen molar-refractivity contribution in [2.45, 2.75) is 26.2 Å². The predicted octanol–water partition coefficient (Wildman–Crippen LogP) is 6.03. The van der Waals surface area contributed by atoms with E-state index in [1.54, 1.807) is 19.1 Å². The summed E-state index contributed by atoms with van der Waals surface area (Å²) in [6.45, 7) is 3.65. The van der Waals surface area contributed by atoms with Gasteiger partial charge >= 0.3 is 12.4 Å². The first-order valence-electron chi connectivity index (χ1n) is 7.74. The van der Waals surface area contributed by atoms with Crippen molar-refractivity contribution in [1.29, 1.82) is 0 Å². The molecule has 1 aromatic heterocycles. The minimum atomic E-state index is -4.83. The van der Waals surface area contributed by atoms with Crippen LogP contribution in [0.5, 0.6) is 0 Å². The maximum Gasteiger partial charge on any atom is 0.418 e. The van der Waals surface area contributed by atoms with Crippen LogP contribution in [0, 0.1) is 13.8 Å². The fraction of sp³-hybridized carbons (Fsp3) is 0.222. The third-order valence-corrected chi connectivity index (χ3v) is 4.16. The largest absolute Gasteiger partial charge is 0.418 e. The summed E-state index contributed by atoms with van der Waals surface area (Å²) in [5.74, 6) is -0.00655. The van der Waals surface area contributed by atoms with Gasteiger partial charge in [-0.15, -0.1) is 0 Å². The first kappa shape index (κ1) is 18.9. The number of rotatable bonds is 2. The van der Waals surface area contributed by atoms with Gasteiger partial charge in [0.05, 0.1) is 22.3 Å². The van der Waals surface area contributed by atoms with Crippen LogP contribution in [-0.4, -0.2) is 9.97 Å². The Labute approximate surface area is 150 Å². The summed E-state index contributed by atoms with van der Waals surface area (Å²) in [5.41, 5.74) is -0.899. The first-order chi connectivity index (χ1) is 12.5. The van der Waals surface area contributed by atoms with Gasteiger partial charge in [-0.1, -0.05) is 0 Å². The first-order valence-corrected chi connectivity index (χ1v) is 7.74. The molecule has 0 aliphatic heterocycles. The average molecular weight is 385 g/mol. The van der Waals surface area contributed by atoms with Crippen LogP contribution in [0.3, 0.4) is 0 Å². The van der Waals surface area contributed by atoms with Crippen molar-refractivity contribution in [2.24, 2.45) is 0 Å². The zero-order valence-corrected chi connectivity index (χ0v) is 14.1. The molecule has 27 heavy (non-hydrogen) atoms. The Balaban J connectivity index is 2.17. The predicted molar refractivity (Wildman–Crippen MR) is 88.7 cm³/mol. The molecule has 0 unspecified atom stereocenters. The molecule has 9 heteroatoms. The maximum atomic E-state index is 13.3. The number of nitrogens with one attached hydrogen (secondary N) is 1. The van der Waals surface area contributed by atoms with Gasteiger partial charge in [-0.25, -0.2) is 9.97 Å². The molecule has 142 valence electrons. The minimum absolute atomic E-state index is 0.00655. The molecule has 0 bridgehead atoms. The second-order valence-corrected chi connectivity index (χ2v) is 6.06. The number of nitrogens with zero attached hydrogens (tertiary/aromatic N) is 2. The summed E-state index contributed by atoms with van der Waals surface area (Å²) in [6, 6.07) is 4.64. The smallest absolute Gasteiger partial charge is 0.339 e. The van der Waals surface area contributed by atoms with E-state index >= 15 is 0 Å². The van der Waals surface area contributed by atoms with E-state index < -0.39 is 29.2 Å². The standard InChI is InChI=1S/C18H13F6N3/c1-9-5-12-14(6-10(9)2)25-8-26-16(12)27-15-7-11(17(19,20)21)3-4-13(15)18(22,23)24/h3-8H,1-2H3,(H,25,26,27). The molecule has 0 saturated carbocycles. The number of aromatic nitrogens is 2. The molecular formula is C18H13F6N3. The highest BCUT2D eigenvalue weighted by molar-refractivity contribution is 5.92. The van der Waals surface area contributed by atoms with E-state index in [9.17, 15) is 26.3 Å². The molecule has 3 rings (SSSR count). The summed E-state index contributed by atoms with van der Waals surface area (Å²) in [5, 5.41) is 2.82. The fourth-order valence-corrected chi connectivity index (χ4v) is 2.61. The van der Waals surface area contributed by atoms with Crippen LogP contribution in [0.25, 0.3) is 10.9 Å². The number of alkyl halides is 6. The van der Waals surface area contributed by atoms with Crippen LogP contribution in [0.4, 0.5) is 37.8 Å². The lowest BCUT2D eigenvalue weighted by molar-refractivity contribution is -0.140. The normalized spacial score (nSPS) is 12.4. The van der Waals surface area contributed by atoms with Gasteiger partial charge in [-0.2, -0.15) is 26.3 Å². The monoisotopic (exact) mass is 385 g/mol. The van der Waals surface area contributed by atoms with Crippen molar-refractivity contribution in [3.05, 3.63) is 58.9 Å². The van der Waals surface area contributed by atoms with Crippen molar-refractivity contribution >= 4 is 22.4 Å². The van der Waals surface area contributed by atoms with E-state index in [0.717, 1.165) is 17.5 Å². The fourth-order valence-electron chi connectivity index (χ4n) is 2.61. The van der Waals surface area contributed by atoms with Gasteiger partial charge in [0.25, 0.3) is 0 Å². The lowest BCUT2D eigenvalue weighted by Crippen LogP contribution is -2.12. The van der Waals surface area contributed by atoms with E-state index in [1.807, 2.05) is 6.92 Å². The summed E-state index contributed by atoms with van der Waals surface area (Å²) in [7, 11) is 0. The molecule has 1 N–H and O–H groups in total. The number of hydrogen-bond donors (Lipinski definition) is 1.